The lowest BCUT2D eigenvalue weighted by Gasteiger charge is -2.06. The molecule has 0 aliphatic rings. The lowest BCUT2D eigenvalue weighted by Crippen LogP contribution is -2.02. The van der Waals surface area contributed by atoms with Crippen molar-refractivity contribution in [3.63, 3.8) is 0 Å². The number of carboxylic acids is 1. The zero-order valence-corrected chi connectivity index (χ0v) is 8.09. The molecule has 0 saturated carbocycles. The fraction of sp³-hybridized carbons (Fsp3) is 0.300. The van der Waals surface area contributed by atoms with Crippen molar-refractivity contribution in [3.05, 3.63) is 29.3 Å². The molecule has 0 atom stereocenters. The summed E-state index contributed by atoms with van der Waals surface area (Å²) >= 11 is 0. The molecule has 0 spiro atoms. The summed E-state index contributed by atoms with van der Waals surface area (Å²) in [6.07, 6.45) is -0.475. The summed E-state index contributed by atoms with van der Waals surface area (Å²) in [6, 6.07) is 2.06. The summed E-state index contributed by atoms with van der Waals surface area (Å²) in [6.45, 7) is 0. The first-order chi connectivity index (χ1) is 7.04. The van der Waals surface area contributed by atoms with Gasteiger partial charge in [-0.3, -0.25) is 4.79 Å². The summed E-state index contributed by atoms with van der Waals surface area (Å²) in [5.74, 6) is -2.59. The molecule has 0 heterocycles. The number of carboxylic acid groups (broad SMARTS) is 1. The molecule has 0 aromatic heterocycles. The third kappa shape index (κ3) is 2.90. The van der Waals surface area contributed by atoms with Crippen LogP contribution >= 0.6 is 0 Å². The first kappa shape index (κ1) is 11.4. The average Bonchev–Trinajstić information content (AvgIpc) is 2.15. The lowest BCUT2D eigenvalue weighted by atomic mass is 10.1. The van der Waals surface area contributed by atoms with E-state index in [4.69, 9.17) is 5.11 Å². The molecular formula is C10H10F2O3. The Morgan fingerprint density at radius 1 is 1.40 bits per heavy atom. The van der Waals surface area contributed by atoms with E-state index in [1.54, 1.807) is 0 Å². The summed E-state index contributed by atoms with van der Waals surface area (Å²) in [5.41, 5.74) is -0.224. The van der Waals surface area contributed by atoms with E-state index in [-0.39, 0.29) is 24.2 Å². The van der Waals surface area contributed by atoms with Crippen molar-refractivity contribution in [1.29, 1.82) is 0 Å². The van der Waals surface area contributed by atoms with Crippen LogP contribution in [0.25, 0.3) is 0 Å². The van der Waals surface area contributed by atoms with Gasteiger partial charge in [-0.15, -0.1) is 0 Å². The van der Waals surface area contributed by atoms with Crippen molar-refractivity contribution in [3.8, 4) is 5.75 Å². The van der Waals surface area contributed by atoms with Gasteiger partial charge in [0, 0.05) is 24.1 Å². The minimum atomic E-state index is -1.09. The molecule has 0 unspecified atom stereocenters. The Morgan fingerprint density at radius 2 is 1.93 bits per heavy atom. The van der Waals surface area contributed by atoms with Crippen LogP contribution in [0.15, 0.2) is 12.1 Å². The Morgan fingerprint density at radius 3 is 2.33 bits per heavy atom. The Hall–Kier alpha value is -1.65. The number of ether oxygens (including phenoxy) is 1. The average molecular weight is 216 g/mol. The predicted octanol–water partition coefficient (Wildman–Crippen LogP) is 1.99. The van der Waals surface area contributed by atoms with E-state index in [2.05, 4.69) is 4.74 Å². The van der Waals surface area contributed by atoms with E-state index in [1.807, 2.05) is 0 Å². The van der Waals surface area contributed by atoms with E-state index >= 15 is 0 Å². The molecule has 0 aliphatic heterocycles. The predicted molar refractivity (Wildman–Crippen MR) is 48.9 cm³/mol. The molecule has 0 saturated heterocycles. The molecule has 0 bridgehead atoms. The van der Waals surface area contributed by atoms with Gasteiger partial charge in [-0.2, -0.15) is 0 Å². The molecule has 15 heavy (non-hydrogen) atoms. The van der Waals surface area contributed by atoms with E-state index < -0.39 is 17.6 Å². The van der Waals surface area contributed by atoms with Crippen molar-refractivity contribution in [2.24, 2.45) is 0 Å². The van der Waals surface area contributed by atoms with Gasteiger partial charge < -0.3 is 9.84 Å². The number of halogens is 2. The summed E-state index contributed by atoms with van der Waals surface area (Å²) < 4.78 is 31.1. The van der Waals surface area contributed by atoms with Crippen molar-refractivity contribution in [2.75, 3.05) is 7.11 Å². The molecule has 1 aromatic rings. The van der Waals surface area contributed by atoms with Gasteiger partial charge in [0.15, 0.2) is 0 Å². The quantitative estimate of drug-likeness (QED) is 0.837. The van der Waals surface area contributed by atoms with Crippen molar-refractivity contribution < 1.29 is 23.4 Å². The van der Waals surface area contributed by atoms with Crippen LogP contribution in [0.2, 0.25) is 0 Å². The topological polar surface area (TPSA) is 46.5 Å². The molecule has 0 fully saturated rings. The first-order valence-corrected chi connectivity index (χ1v) is 4.28. The highest BCUT2D eigenvalue weighted by molar-refractivity contribution is 5.67. The van der Waals surface area contributed by atoms with Gasteiger partial charge >= 0.3 is 5.97 Å². The highest BCUT2D eigenvalue weighted by Gasteiger charge is 2.12. The van der Waals surface area contributed by atoms with Gasteiger partial charge in [-0.25, -0.2) is 8.78 Å². The maximum atomic E-state index is 13.2. The normalized spacial score (nSPS) is 10.1. The van der Waals surface area contributed by atoms with E-state index in [9.17, 15) is 13.6 Å². The molecule has 3 nitrogen and oxygen atoms in total. The largest absolute Gasteiger partial charge is 0.497 e. The standard InChI is InChI=1S/C10H10F2O3/c1-15-6-4-8(11)7(9(12)5-6)2-3-10(13)14/h4-5H,2-3H2,1H3,(H,13,14). The SMILES string of the molecule is COc1cc(F)c(CCC(=O)O)c(F)c1. The second-order valence-electron chi connectivity index (χ2n) is 2.96. The third-order valence-corrected chi connectivity index (χ3v) is 1.94. The van der Waals surface area contributed by atoms with Crippen LogP contribution in [0.5, 0.6) is 5.75 Å². The molecule has 1 aromatic carbocycles. The summed E-state index contributed by atoms with van der Waals surface area (Å²) in [7, 11) is 1.30. The number of hydrogen-bond acceptors (Lipinski definition) is 2. The molecule has 82 valence electrons. The third-order valence-electron chi connectivity index (χ3n) is 1.94. The lowest BCUT2D eigenvalue weighted by molar-refractivity contribution is -0.136. The number of rotatable bonds is 4. The number of benzene rings is 1. The van der Waals surface area contributed by atoms with Crippen molar-refractivity contribution in [2.45, 2.75) is 12.8 Å². The Labute approximate surface area is 85.3 Å². The van der Waals surface area contributed by atoms with E-state index in [0.717, 1.165) is 12.1 Å². The molecule has 5 heteroatoms. The van der Waals surface area contributed by atoms with Crippen LogP contribution in [-0.4, -0.2) is 18.2 Å². The molecular weight excluding hydrogens is 206 g/mol. The zero-order chi connectivity index (χ0) is 11.4. The summed E-state index contributed by atoms with van der Waals surface area (Å²) in [5, 5.41) is 8.39. The van der Waals surface area contributed by atoms with Gasteiger partial charge in [0.2, 0.25) is 0 Å². The number of aliphatic carboxylic acids is 1. The minimum Gasteiger partial charge on any atom is -0.497 e. The van der Waals surface area contributed by atoms with Gasteiger partial charge in [0.05, 0.1) is 7.11 Å². The van der Waals surface area contributed by atoms with Crippen LogP contribution in [-0.2, 0) is 11.2 Å². The number of carbonyl (C=O) groups is 1. The van der Waals surface area contributed by atoms with E-state index in [1.165, 1.54) is 7.11 Å². The smallest absolute Gasteiger partial charge is 0.303 e. The second kappa shape index (κ2) is 4.72. The Kier molecular flexibility index (Phi) is 3.60. The molecule has 1 rings (SSSR count). The van der Waals surface area contributed by atoms with Crippen LogP contribution in [0, 0.1) is 11.6 Å². The van der Waals surface area contributed by atoms with Crippen molar-refractivity contribution >= 4 is 5.97 Å². The number of methoxy groups -OCH3 is 1. The molecule has 1 N–H and O–H groups in total. The highest BCUT2D eigenvalue weighted by Crippen LogP contribution is 2.21. The zero-order valence-electron chi connectivity index (χ0n) is 8.09. The second-order valence-corrected chi connectivity index (χ2v) is 2.96. The first-order valence-electron chi connectivity index (χ1n) is 4.28. The van der Waals surface area contributed by atoms with Gasteiger partial charge in [-0.05, 0) is 6.42 Å². The van der Waals surface area contributed by atoms with Crippen LogP contribution in [0.4, 0.5) is 8.78 Å². The molecule has 0 radical (unpaired) electrons. The summed E-state index contributed by atoms with van der Waals surface area (Å²) in [4.78, 5) is 10.2. The molecule has 0 amide bonds. The van der Waals surface area contributed by atoms with Gasteiger partial charge in [0.1, 0.15) is 17.4 Å². The monoisotopic (exact) mass is 216 g/mol. The highest BCUT2D eigenvalue weighted by atomic mass is 19.1. The Balaban J connectivity index is 2.92. The molecule has 0 aliphatic carbocycles. The van der Waals surface area contributed by atoms with Crippen LogP contribution in [0.1, 0.15) is 12.0 Å². The van der Waals surface area contributed by atoms with Gasteiger partial charge in [0.25, 0.3) is 0 Å². The Bertz CT molecular complexity index is 354. The van der Waals surface area contributed by atoms with Gasteiger partial charge in [-0.1, -0.05) is 0 Å². The van der Waals surface area contributed by atoms with Crippen molar-refractivity contribution in [1.82, 2.24) is 0 Å². The van der Waals surface area contributed by atoms with E-state index in [0.29, 0.717) is 0 Å². The fourth-order valence-corrected chi connectivity index (χ4v) is 1.17. The maximum Gasteiger partial charge on any atom is 0.303 e. The maximum absolute atomic E-state index is 13.2. The van der Waals surface area contributed by atoms with Crippen LogP contribution < -0.4 is 4.74 Å². The minimum absolute atomic E-state index is 0.0732. The number of hydrogen-bond donors (Lipinski definition) is 1. The van der Waals surface area contributed by atoms with Crippen LogP contribution in [0.3, 0.4) is 0 Å². The fourth-order valence-electron chi connectivity index (χ4n) is 1.17.